The predicted molar refractivity (Wildman–Crippen MR) is 123 cm³/mol. The SMILES string of the molecule is C[C@]12CCC/C(=C\C=C3C[C@@H](O)C[C@H](O)C3)C1CC=C2C1(C/C=C\C(O)(C(F)(F)F)C(F)(F)F)CC1. The number of rotatable bonds is 5. The molecule has 0 aliphatic heterocycles. The van der Waals surface area contributed by atoms with Crippen LogP contribution in [0, 0.1) is 16.7 Å². The molecule has 0 radical (unpaired) electrons. The molecule has 202 valence electrons. The topological polar surface area (TPSA) is 60.7 Å². The van der Waals surface area contributed by atoms with E-state index in [1.807, 2.05) is 6.08 Å². The van der Waals surface area contributed by atoms with E-state index in [2.05, 4.69) is 19.1 Å². The molecule has 0 heterocycles. The third-order valence-corrected chi connectivity index (χ3v) is 8.78. The maximum absolute atomic E-state index is 13.0. The molecule has 0 saturated heterocycles. The Labute approximate surface area is 207 Å². The van der Waals surface area contributed by atoms with Crippen molar-refractivity contribution >= 4 is 0 Å². The smallest absolute Gasteiger partial charge is 0.393 e. The molecule has 3 saturated carbocycles. The molecule has 0 bridgehead atoms. The molecule has 1 unspecified atom stereocenters. The fourth-order valence-electron chi connectivity index (χ4n) is 6.71. The molecule has 36 heavy (non-hydrogen) atoms. The van der Waals surface area contributed by atoms with Crippen LogP contribution in [-0.4, -0.2) is 45.5 Å². The highest BCUT2D eigenvalue weighted by molar-refractivity contribution is 5.40. The molecule has 3 N–H and O–H groups in total. The van der Waals surface area contributed by atoms with Crippen LogP contribution in [-0.2, 0) is 0 Å². The zero-order valence-corrected chi connectivity index (χ0v) is 20.3. The van der Waals surface area contributed by atoms with E-state index in [9.17, 15) is 41.7 Å². The zero-order chi connectivity index (χ0) is 26.6. The van der Waals surface area contributed by atoms with Gasteiger partial charge in [0.15, 0.2) is 0 Å². The number of allylic oxidation sites excluding steroid dienone is 6. The van der Waals surface area contributed by atoms with E-state index in [1.54, 1.807) is 0 Å². The van der Waals surface area contributed by atoms with Crippen LogP contribution in [0.25, 0.3) is 0 Å². The summed E-state index contributed by atoms with van der Waals surface area (Å²) in [7, 11) is 0. The number of alkyl halides is 6. The average molecular weight is 521 g/mol. The van der Waals surface area contributed by atoms with Crippen LogP contribution < -0.4 is 0 Å². The summed E-state index contributed by atoms with van der Waals surface area (Å²) in [5.74, 6) is 0.209. The van der Waals surface area contributed by atoms with Crippen molar-refractivity contribution < 1.29 is 41.7 Å². The lowest BCUT2D eigenvalue weighted by molar-refractivity contribution is -0.347. The summed E-state index contributed by atoms with van der Waals surface area (Å²) < 4.78 is 78.2. The maximum atomic E-state index is 13.0. The van der Waals surface area contributed by atoms with Crippen LogP contribution >= 0.6 is 0 Å². The Morgan fingerprint density at radius 1 is 0.972 bits per heavy atom. The summed E-state index contributed by atoms with van der Waals surface area (Å²) in [6.07, 6.45) is 0.484. The van der Waals surface area contributed by atoms with Gasteiger partial charge in [0.05, 0.1) is 12.2 Å². The molecule has 0 aromatic rings. The Kier molecular flexibility index (Phi) is 7.10. The molecular weight excluding hydrogens is 486 g/mol. The number of aliphatic hydroxyl groups excluding tert-OH is 2. The Morgan fingerprint density at radius 2 is 1.58 bits per heavy atom. The Morgan fingerprint density at radius 3 is 2.14 bits per heavy atom. The van der Waals surface area contributed by atoms with Crippen LogP contribution in [0.4, 0.5) is 26.3 Å². The van der Waals surface area contributed by atoms with Crippen LogP contribution in [0.15, 0.2) is 47.1 Å². The molecule has 0 spiro atoms. The first-order chi connectivity index (χ1) is 16.6. The van der Waals surface area contributed by atoms with Gasteiger partial charge in [-0.05, 0) is 87.0 Å². The molecule has 4 aliphatic carbocycles. The van der Waals surface area contributed by atoms with Gasteiger partial charge in [-0.25, -0.2) is 0 Å². The van der Waals surface area contributed by atoms with Crippen molar-refractivity contribution in [3.8, 4) is 0 Å². The molecule has 9 heteroatoms. The first kappa shape index (κ1) is 27.5. The van der Waals surface area contributed by atoms with Crippen LogP contribution in [0.2, 0.25) is 0 Å². The first-order valence-corrected chi connectivity index (χ1v) is 12.6. The second-order valence-electron chi connectivity index (χ2n) is 11.3. The van der Waals surface area contributed by atoms with E-state index < -0.39 is 35.6 Å². The highest BCUT2D eigenvalue weighted by Gasteiger charge is 2.69. The lowest BCUT2D eigenvalue weighted by Gasteiger charge is -2.43. The Balaban J connectivity index is 1.51. The lowest BCUT2D eigenvalue weighted by atomic mass is 9.61. The van der Waals surface area contributed by atoms with Gasteiger partial charge in [-0.3, -0.25) is 0 Å². The maximum Gasteiger partial charge on any atom is 0.429 e. The summed E-state index contributed by atoms with van der Waals surface area (Å²) in [6.45, 7) is 2.15. The third-order valence-electron chi connectivity index (χ3n) is 8.78. The molecule has 4 rings (SSSR count). The van der Waals surface area contributed by atoms with Gasteiger partial charge in [-0.2, -0.15) is 26.3 Å². The number of fused-ring (bicyclic) bond motifs is 1. The third kappa shape index (κ3) is 4.95. The molecule has 0 aromatic heterocycles. The van der Waals surface area contributed by atoms with Crippen molar-refractivity contribution in [2.45, 2.75) is 101 Å². The van der Waals surface area contributed by atoms with Gasteiger partial charge in [0.2, 0.25) is 0 Å². The van der Waals surface area contributed by atoms with E-state index in [0.29, 0.717) is 32.1 Å². The minimum Gasteiger partial charge on any atom is -0.393 e. The summed E-state index contributed by atoms with van der Waals surface area (Å²) in [5, 5.41) is 29.3. The van der Waals surface area contributed by atoms with Gasteiger partial charge >= 0.3 is 12.4 Å². The fraction of sp³-hybridized carbons (Fsp3) is 0.704. The standard InChI is InChI=1S/C27H34F6O3/c1-23-9-2-4-18(6-5-17-14-19(34)16-20(35)15-17)21(23)7-8-22(23)24(12-13-24)10-3-11-25(36,26(28,29)30)27(31,32)33/h3,5-6,8,11,19-21,34-36H,2,4,7,9-10,12-16H2,1H3/b11-3-,18-6+/t19-,20-,21?,23+/m1/s1. The number of aliphatic hydroxyl groups is 3. The van der Waals surface area contributed by atoms with Crippen molar-refractivity contribution in [1.29, 1.82) is 0 Å². The zero-order valence-electron chi connectivity index (χ0n) is 20.3. The van der Waals surface area contributed by atoms with E-state index in [4.69, 9.17) is 0 Å². The van der Waals surface area contributed by atoms with E-state index in [-0.39, 0.29) is 23.8 Å². The minimum atomic E-state index is -5.86. The molecule has 4 aliphatic rings. The number of halogens is 6. The monoisotopic (exact) mass is 520 g/mol. The van der Waals surface area contributed by atoms with E-state index >= 15 is 0 Å². The fourth-order valence-corrected chi connectivity index (χ4v) is 6.71. The van der Waals surface area contributed by atoms with Crippen molar-refractivity contribution in [3.05, 3.63) is 47.1 Å². The highest BCUT2D eigenvalue weighted by Crippen LogP contribution is 2.67. The number of hydrogen-bond acceptors (Lipinski definition) is 3. The normalized spacial score (nSPS) is 34.2. The molecule has 0 aromatic carbocycles. The van der Waals surface area contributed by atoms with Gasteiger partial charge < -0.3 is 15.3 Å². The van der Waals surface area contributed by atoms with Crippen molar-refractivity contribution in [2.24, 2.45) is 16.7 Å². The molecule has 3 fully saturated rings. The Hall–Kier alpha value is -1.58. The summed E-state index contributed by atoms with van der Waals surface area (Å²) >= 11 is 0. The van der Waals surface area contributed by atoms with Gasteiger partial charge in [0, 0.05) is 0 Å². The van der Waals surface area contributed by atoms with E-state index in [1.165, 1.54) is 5.57 Å². The van der Waals surface area contributed by atoms with E-state index in [0.717, 1.165) is 42.9 Å². The molecule has 4 atom stereocenters. The van der Waals surface area contributed by atoms with Crippen LogP contribution in [0.1, 0.15) is 71.1 Å². The number of hydrogen-bond donors (Lipinski definition) is 3. The summed E-state index contributed by atoms with van der Waals surface area (Å²) in [5.41, 5.74) is -2.17. The van der Waals surface area contributed by atoms with Crippen molar-refractivity contribution in [2.75, 3.05) is 0 Å². The minimum absolute atomic E-state index is 0.0223. The summed E-state index contributed by atoms with van der Waals surface area (Å²) in [6, 6.07) is 0. The second kappa shape index (κ2) is 9.31. The van der Waals surface area contributed by atoms with Crippen LogP contribution in [0.3, 0.4) is 0 Å². The molecular formula is C27H34F6O3. The Bertz CT molecular complexity index is 943. The molecule has 0 amide bonds. The van der Waals surface area contributed by atoms with Crippen LogP contribution in [0.5, 0.6) is 0 Å². The first-order valence-electron chi connectivity index (χ1n) is 12.6. The van der Waals surface area contributed by atoms with Gasteiger partial charge in [0.1, 0.15) is 0 Å². The van der Waals surface area contributed by atoms with Crippen molar-refractivity contribution in [3.63, 3.8) is 0 Å². The average Bonchev–Trinajstić information content (AvgIpc) is 3.42. The quantitative estimate of drug-likeness (QED) is 0.288. The molecule has 3 nitrogen and oxygen atoms in total. The van der Waals surface area contributed by atoms with Gasteiger partial charge in [-0.1, -0.05) is 47.9 Å². The summed E-state index contributed by atoms with van der Waals surface area (Å²) in [4.78, 5) is 0. The predicted octanol–water partition coefficient (Wildman–Crippen LogP) is 6.46. The largest absolute Gasteiger partial charge is 0.429 e. The van der Waals surface area contributed by atoms with Gasteiger partial charge in [-0.15, -0.1) is 0 Å². The second-order valence-corrected chi connectivity index (χ2v) is 11.3. The van der Waals surface area contributed by atoms with Gasteiger partial charge in [0.25, 0.3) is 5.60 Å². The highest BCUT2D eigenvalue weighted by atomic mass is 19.4. The lowest BCUT2D eigenvalue weighted by Crippen LogP contribution is -2.55. The van der Waals surface area contributed by atoms with Crippen molar-refractivity contribution in [1.82, 2.24) is 0 Å².